The van der Waals surface area contributed by atoms with Gasteiger partial charge in [0.05, 0.1) is 18.5 Å². The number of thioether (sulfide) groups is 1. The average molecular weight is 708 g/mol. The molecule has 3 aromatic rings. The lowest BCUT2D eigenvalue weighted by molar-refractivity contribution is -0.130. The van der Waals surface area contributed by atoms with E-state index in [1.54, 1.807) is 29.1 Å². The largest absolute Gasteiger partial charge is 0.391 e. The number of aliphatic hydroxyl groups is 1. The van der Waals surface area contributed by atoms with Gasteiger partial charge in [-0.25, -0.2) is 14.8 Å². The van der Waals surface area contributed by atoms with E-state index in [-0.39, 0.29) is 30.8 Å². The van der Waals surface area contributed by atoms with Crippen molar-refractivity contribution in [3.63, 3.8) is 0 Å². The number of hydrogen-bond acceptors (Lipinski definition) is 8. The molecule has 1 aliphatic heterocycles. The number of piperidine rings is 1. The lowest BCUT2D eigenvalue weighted by atomic mass is 9.83. The molecule has 0 unspecified atom stereocenters. The van der Waals surface area contributed by atoms with Crippen LogP contribution in [0.2, 0.25) is 0 Å². The summed E-state index contributed by atoms with van der Waals surface area (Å²) in [6.45, 7) is 1.03. The fourth-order valence-electron chi connectivity index (χ4n) is 6.84. The van der Waals surface area contributed by atoms with Crippen molar-refractivity contribution in [1.82, 2.24) is 40.4 Å². The monoisotopic (exact) mass is 707 g/mol. The van der Waals surface area contributed by atoms with Gasteiger partial charge in [-0.15, -0.1) is 0 Å². The molecule has 0 spiro atoms. The number of H-pyrrole nitrogens is 1. The fourth-order valence-corrected chi connectivity index (χ4v) is 7.78. The average Bonchev–Trinajstić information content (AvgIpc) is 3.80. The van der Waals surface area contributed by atoms with Crippen LogP contribution in [0, 0.1) is 5.92 Å². The minimum atomic E-state index is -0.978. The number of nitrogens with one attached hydrogen (secondary N) is 4. The highest BCUT2D eigenvalue weighted by molar-refractivity contribution is 7.99. The number of carbonyl (C=O) groups is 3. The summed E-state index contributed by atoms with van der Waals surface area (Å²) >= 11 is 1.57. The van der Waals surface area contributed by atoms with Crippen LogP contribution in [0.1, 0.15) is 69.0 Å². The van der Waals surface area contributed by atoms with Crippen molar-refractivity contribution in [2.75, 3.05) is 18.8 Å². The van der Waals surface area contributed by atoms with Gasteiger partial charge < -0.3 is 41.2 Å². The zero-order valence-corrected chi connectivity index (χ0v) is 29.8. The van der Waals surface area contributed by atoms with Crippen LogP contribution in [0.3, 0.4) is 0 Å². The molecule has 3 heterocycles. The third-order valence-electron chi connectivity index (χ3n) is 9.86. The normalized spacial score (nSPS) is 18.2. The van der Waals surface area contributed by atoms with E-state index in [0.29, 0.717) is 56.1 Å². The quantitative estimate of drug-likeness (QED) is 0.123. The molecule has 1 saturated carbocycles. The molecule has 2 aromatic heterocycles. The second-order valence-corrected chi connectivity index (χ2v) is 14.8. The lowest BCUT2D eigenvalue weighted by Crippen LogP contribution is -2.59. The minimum absolute atomic E-state index is 0.0594. The number of benzene rings is 1. The Bertz CT molecular complexity index is 1470. The fraction of sp³-hybridized carbons (Fsp3) is 0.583. The number of nitrogens with zero attached hydrogens (tertiary/aromatic N) is 4. The van der Waals surface area contributed by atoms with Crippen LogP contribution in [-0.4, -0.2) is 96.5 Å². The van der Waals surface area contributed by atoms with Crippen molar-refractivity contribution in [3.05, 3.63) is 66.5 Å². The smallest absolute Gasteiger partial charge is 0.318 e. The van der Waals surface area contributed by atoms with Gasteiger partial charge in [0.15, 0.2) is 5.16 Å². The summed E-state index contributed by atoms with van der Waals surface area (Å²) < 4.78 is 1.94. The van der Waals surface area contributed by atoms with E-state index in [1.165, 1.54) is 12.7 Å². The number of imidazole rings is 2. The van der Waals surface area contributed by atoms with Gasteiger partial charge in [-0.1, -0.05) is 74.2 Å². The number of hydrogen-bond donors (Lipinski definition) is 6. The molecule has 2 aliphatic rings. The lowest BCUT2D eigenvalue weighted by Gasteiger charge is -2.33. The minimum Gasteiger partial charge on any atom is -0.391 e. The third kappa shape index (κ3) is 11.3. The summed E-state index contributed by atoms with van der Waals surface area (Å²) in [5, 5.41) is 21.4. The molecule has 0 bridgehead atoms. The maximum absolute atomic E-state index is 14.2. The Balaban J connectivity index is 1.30. The Labute approximate surface area is 299 Å². The van der Waals surface area contributed by atoms with Crippen molar-refractivity contribution in [1.29, 1.82) is 0 Å². The Morgan fingerprint density at radius 2 is 1.72 bits per heavy atom. The van der Waals surface area contributed by atoms with Gasteiger partial charge in [-0.2, -0.15) is 0 Å². The van der Waals surface area contributed by atoms with Gasteiger partial charge in [0.1, 0.15) is 12.1 Å². The number of aliphatic hydroxyl groups excluding tert-OH is 1. The molecule has 1 aromatic carbocycles. The first-order valence-electron chi connectivity index (χ1n) is 18.0. The molecule has 4 atom stereocenters. The molecule has 0 radical (unpaired) electrons. The summed E-state index contributed by atoms with van der Waals surface area (Å²) in [5.74, 6) is 0.188. The summed E-state index contributed by atoms with van der Waals surface area (Å²) in [6, 6.07) is 6.82. The van der Waals surface area contributed by atoms with E-state index in [9.17, 15) is 19.5 Å². The summed E-state index contributed by atoms with van der Waals surface area (Å²) in [5.41, 5.74) is 7.61. The summed E-state index contributed by atoms with van der Waals surface area (Å²) in [7, 11) is 1.94. The number of aromatic nitrogens is 4. The number of aromatic amines is 1. The Kier molecular flexibility index (Phi) is 14.1. The number of rotatable bonds is 16. The zero-order valence-electron chi connectivity index (χ0n) is 29.0. The van der Waals surface area contributed by atoms with Crippen LogP contribution in [-0.2, 0) is 29.5 Å². The van der Waals surface area contributed by atoms with Gasteiger partial charge in [0.25, 0.3) is 0 Å². The number of likely N-dealkylation sites (tertiary alicyclic amines) is 1. The number of carbonyl (C=O) groups excluding carboxylic acids is 3. The Morgan fingerprint density at radius 1 is 1.00 bits per heavy atom. The number of amides is 4. The second-order valence-electron chi connectivity index (χ2n) is 13.7. The molecule has 272 valence electrons. The first-order chi connectivity index (χ1) is 24.2. The van der Waals surface area contributed by atoms with Gasteiger partial charge in [-0.05, 0) is 37.2 Å². The van der Waals surface area contributed by atoms with E-state index in [2.05, 4.69) is 30.9 Å². The molecular formula is C36H53N9O4S. The van der Waals surface area contributed by atoms with Crippen molar-refractivity contribution in [2.45, 2.75) is 106 Å². The van der Waals surface area contributed by atoms with Crippen LogP contribution >= 0.6 is 11.8 Å². The summed E-state index contributed by atoms with van der Waals surface area (Å²) in [4.78, 5) is 54.7. The summed E-state index contributed by atoms with van der Waals surface area (Å²) in [6.07, 6.45) is 14.6. The molecular weight excluding hydrogens is 655 g/mol. The predicted octanol–water partition coefficient (Wildman–Crippen LogP) is 2.91. The molecule has 7 N–H and O–H groups in total. The predicted molar refractivity (Wildman–Crippen MR) is 193 cm³/mol. The second kappa shape index (κ2) is 18.9. The molecule has 13 nitrogen and oxygen atoms in total. The molecule has 4 amide bonds. The molecule has 1 saturated heterocycles. The van der Waals surface area contributed by atoms with E-state index >= 15 is 0 Å². The highest BCUT2D eigenvalue weighted by Crippen LogP contribution is 2.29. The van der Waals surface area contributed by atoms with Crippen LogP contribution in [0.5, 0.6) is 0 Å². The topological polar surface area (TPSA) is 183 Å². The maximum Gasteiger partial charge on any atom is 0.318 e. The highest BCUT2D eigenvalue weighted by atomic mass is 32.2. The van der Waals surface area contributed by atoms with Gasteiger partial charge in [0, 0.05) is 69.1 Å². The van der Waals surface area contributed by atoms with Crippen LogP contribution in [0.25, 0.3) is 0 Å². The number of urea groups is 1. The molecule has 1 aliphatic carbocycles. The molecule has 50 heavy (non-hydrogen) atoms. The van der Waals surface area contributed by atoms with Crippen molar-refractivity contribution in [3.8, 4) is 0 Å². The van der Waals surface area contributed by atoms with Gasteiger partial charge >= 0.3 is 6.03 Å². The van der Waals surface area contributed by atoms with E-state index < -0.39 is 30.1 Å². The Hall–Kier alpha value is -3.88. The van der Waals surface area contributed by atoms with Crippen molar-refractivity contribution in [2.24, 2.45) is 18.7 Å². The van der Waals surface area contributed by atoms with Crippen molar-refractivity contribution >= 4 is 29.6 Å². The standard InChI is InChI=1S/C36H53N9O4S/c1-44-18-15-39-36(44)50-19-14-32(46)29(20-25-8-4-2-5-9-25)41-34(48)31(22-28-23-38-24-40-28)42-33(47)30(21-26-10-6-3-7-11-26)43-35(49)45-16-12-27(37)13-17-45/h3,6-7,10-11,15,18,23-25,27,29-32,46H,2,4-5,8-9,12-14,16-17,19-22,37H2,1H3,(H,38,40)(H,41,48)(H,42,47)(H,43,49)/t29-,30-,31-,32-/m0/s1. The molecule has 5 rings (SSSR count). The van der Waals surface area contributed by atoms with Crippen LogP contribution in [0.15, 0.2) is 60.4 Å². The van der Waals surface area contributed by atoms with Crippen LogP contribution < -0.4 is 21.7 Å². The third-order valence-corrected chi connectivity index (χ3v) is 11.0. The van der Waals surface area contributed by atoms with Gasteiger partial charge in [-0.3, -0.25) is 9.59 Å². The number of aryl methyl sites for hydroxylation is 1. The number of nitrogens with two attached hydrogens (primary N) is 1. The van der Waals surface area contributed by atoms with Crippen LogP contribution in [0.4, 0.5) is 4.79 Å². The highest BCUT2D eigenvalue weighted by Gasteiger charge is 2.33. The van der Waals surface area contributed by atoms with E-state index in [1.807, 2.05) is 48.1 Å². The first kappa shape index (κ1) is 37.4. The zero-order chi connectivity index (χ0) is 35.3. The molecule has 14 heteroatoms. The molecule has 2 fully saturated rings. The van der Waals surface area contributed by atoms with Crippen molar-refractivity contribution < 1.29 is 19.5 Å². The maximum atomic E-state index is 14.2. The van der Waals surface area contributed by atoms with Gasteiger partial charge in [0.2, 0.25) is 11.8 Å². The van der Waals surface area contributed by atoms with E-state index in [4.69, 9.17) is 5.73 Å². The SMILES string of the molecule is Cn1ccnc1SCC[C@H](O)[C@H](CC1CCCCC1)NC(=O)[C@H](Cc1cnc[nH]1)NC(=O)[C@H](Cc1ccccc1)NC(=O)N1CCC(N)CC1. The Morgan fingerprint density at radius 3 is 2.40 bits per heavy atom. The first-order valence-corrected chi connectivity index (χ1v) is 18.9. The van der Waals surface area contributed by atoms with E-state index in [0.717, 1.165) is 36.4 Å².